The van der Waals surface area contributed by atoms with Crippen LogP contribution in [-0.2, 0) is 20.4 Å². The van der Waals surface area contributed by atoms with Gasteiger partial charge in [0.25, 0.3) is 0 Å². The van der Waals surface area contributed by atoms with E-state index in [1.807, 2.05) is 0 Å². The van der Waals surface area contributed by atoms with Crippen molar-refractivity contribution in [2.75, 3.05) is 13.2 Å². The third-order valence-corrected chi connectivity index (χ3v) is 2.76. The molecule has 0 atom stereocenters. The summed E-state index contributed by atoms with van der Waals surface area (Å²) in [5.41, 5.74) is 0. The minimum Gasteiger partial charge on any atom is -0.464 e. The van der Waals surface area contributed by atoms with E-state index in [0.29, 0.717) is 0 Å². The average molecular weight is 221 g/mol. The van der Waals surface area contributed by atoms with Crippen LogP contribution in [0.15, 0.2) is 0 Å². The van der Waals surface area contributed by atoms with Crippen LogP contribution in [-0.4, -0.2) is 27.5 Å². The van der Waals surface area contributed by atoms with Gasteiger partial charge in [0, 0.05) is 6.54 Å². The molecule has 0 bridgehead atoms. The van der Waals surface area contributed by atoms with Crippen LogP contribution >= 0.6 is 0 Å². The summed E-state index contributed by atoms with van der Waals surface area (Å²) in [7, 11) is -2.58. The molecule has 0 radical (unpaired) electrons. The molecule has 0 aromatic carbocycles. The van der Waals surface area contributed by atoms with Gasteiger partial charge >= 0.3 is 5.97 Å². The van der Waals surface area contributed by atoms with Crippen LogP contribution in [0.1, 0.15) is 25.7 Å². The van der Waals surface area contributed by atoms with Crippen LogP contribution in [0.3, 0.4) is 0 Å². The van der Waals surface area contributed by atoms with E-state index >= 15 is 0 Å². The van der Waals surface area contributed by atoms with Crippen molar-refractivity contribution >= 4 is 16.9 Å². The van der Waals surface area contributed by atoms with Crippen molar-refractivity contribution in [3.8, 4) is 0 Å². The molecular formula is C8H15NO4S. The van der Waals surface area contributed by atoms with Gasteiger partial charge in [0.15, 0.2) is 0 Å². The highest BCUT2D eigenvalue weighted by Crippen LogP contribution is 2.25. The maximum absolute atomic E-state index is 11.3. The predicted octanol–water partition coefficient (Wildman–Crippen LogP) is -0.164. The Morgan fingerprint density at radius 3 is 2.57 bits per heavy atom. The third-order valence-electron chi connectivity index (χ3n) is 2.28. The van der Waals surface area contributed by atoms with E-state index < -0.39 is 10.9 Å². The Hall–Kier alpha value is -0.620. The summed E-state index contributed by atoms with van der Waals surface area (Å²) in [5, 5.41) is 0. The van der Waals surface area contributed by atoms with Gasteiger partial charge in [0.1, 0.15) is 6.61 Å². The highest BCUT2D eigenvalue weighted by atomic mass is 32.2. The first-order valence-corrected chi connectivity index (χ1v) is 5.92. The molecule has 1 fully saturated rings. The summed E-state index contributed by atoms with van der Waals surface area (Å²) in [6.45, 7) is 0.288. The van der Waals surface area contributed by atoms with Crippen molar-refractivity contribution in [1.29, 1.82) is 0 Å². The monoisotopic (exact) mass is 221 g/mol. The Morgan fingerprint density at radius 1 is 1.36 bits per heavy atom. The number of thiol groups is 1. The van der Waals surface area contributed by atoms with E-state index in [0.717, 1.165) is 25.7 Å². The van der Waals surface area contributed by atoms with Crippen molar-refractivity contribution in [2.45, 2.75) is 25.7 Å². The van der Waals surface area contributed by atoms with Gasteiger partial charge in [-0.2, -0.15) is 0 Å². The molecule has 0 aromatic heterocycles. The summed E-state index contributed by atoms with van der Waals surface area (Å²) in [6, 6.07) is 0. The molecule has 1 saturated carbocycles. The molecule has 5 nitrogen and oxygen atoms in total. The lowest BCUT2D eigenvalue weighted by molar-refractivity contribution is -0.148. The van der Waals surface area contributed by atoms with Crippen LogP contribution in [0.2, 0.25) is 0 Å². The molecular weight excluding hydrogens is 206 g/mol. The lowest BCUT2D eigenvalue weighted by Gasteiger charge is -2.08. The van der Waals surface area contributed by atoms with Gasteiger partial charge in [-0.1, -0.05) is 12.8 Å². The lowest BCUT2D eigenvalue weighted by atomic mass is 10.1. The van der Waals surface area contributed by atoms with E-state index in [-0.39, 0.29) is 25.0 Å². The summed E-state index contributed by atoms with van der Waals surface area (Å²) in [6.07, 6.45) is 3.99. The van der Waals surface area contributed by atoms with E-state index in [1.165, 1.54) is 0 Å². The van der Waals surface area contributed by atoms with Crippen molar-refractivity contribution in [2.24, 2.45) is 5.92 Å². The van der Waals surface area contributed by atoms with Crippen LogP contribution in [0.25, 0.3) is 0 Å². The van der Waals surface area contributed by atoms with E-state index in [9.17, 15) is 13.2 Å². The molecule has 0 saturated heterocycles. The Bertz CT molecular complexity index is 250. The van der Waals surface area contributed by atoms with Crippen LogP contribution in [0, 0.1) is 5.92 Å². The zero-order valence-corrected chi connectivity index (χ0v) is 8.79. The molecule has 6 heteroatoms. The van der Waals surface area contributed by atoms with Gasteiger partial charge in [0.2, 0.25) is 10.9 Å². The summed E-state index contributed by atoms with van der Waals surface area (Å²) in [4.78, 5) is 11.3. The SMILES string of the molecule is O=C(OCCN[SH](=O)=O)C1CCCC1. The second kappa shape index (κ2) is 5.98. The van der Waals surface area contributed by atoms with Crippen LogP contribution in [0.4, 0.5) is 0 Å². The van der Waals surface area contributed by atoms with Crippen molar-refractivity contribution < 1.29 is 17.9 Å². The van der Waals surface area contributed by atoms with Crippen molar-refractivity contribution in [3.63, 3.8) is 0 Å². The number of hydrogen-bond acceptors (Lipinski definition) is 4. The molecule has 1 N–H and O–H groups in total. The van der Waals surface area contributed by atoms with E-state index in [1.54, 1.807) is 0 Å². The molecule has 82 valence electrons. The van der Waals surface area contributed by atoms with Gasteiger partial charge in [0.05, 0.1) is 5.92 Å². The van der Waals surface area contributed by atoms with E-state index in [2.05, 4.69) is 4.72 Å². The topological polar surface area (TPSA) is 72.5 Å². The number of nitrogens with one attached hydrogen (secondary N) is 1. The van der Waals surface area contributed by atoms with Gasteiger partial charge < -0.3 is 4.74 Å². The second-order valence-electron chi connectivity index (χ2n) is 3.31. The standard InChI is InChI=1S/C8H15NO4S/c10-8(7-3-1-2-4-7)13-6-5-9-14(11)12/h7,14H,1-6H2,(H,9,11,12). The fourth-order valence-corrected chi connectivity index (χ4v) is 1.84. The number of rotatable bonds is 5. The molecule has 1 aliphatic carbocycles. The Balaban J connectivity index is 2.08. The molecule has 0 spiro atoms. The first kappa shape index (κ1) is 11.5. The summed E-state index contributed by atoms with van der Waals surface area (Å²) >= 11 is 0. The number of esters is 1. The van der Waals surface area contributed by atoms with E-state index in [4.69, 9.17) is 4.74 Å². The lowest BCUT2D eigenvalue weighted by Crippen LogP contribution is -2.22. The predicted molar refractivity (Wildman–Crippen MR) is 51.2 cm³/mol. The first-order valence-electron chi connectivity index (χ1n) is 4.74. The van der Waals surface area contributed by atoms with Gasteiger partial charge in [-0.25, -0.2) is 13.1 Å². The number of carbonyl (C=O) groups excluding carboxylic acids is 1. The molecule has 0 aromatic rings. The van der Waals surface area contributed by atoms with Crippen LogP contribution < -0.4 is 4.72 Å². The maximum Gasteiger partial charge on any atom is 0.308 e. The molecule has 0 aliphatic heterocycles. The summed E-state index contributed by atoms with van der Waals surface area (Å²) in [5.74, 6) is -0.151. The molecule has 0 unspecified atom stereocenters. The maximum atomic E-state index is 11.3. The second-order valence-corrected chi connectivity index (χ2v) is 4.14. The van der Waals surface area contributed by atoms with Gasteiger partial charge in [-0.05, 0) is 12.8 Å². The largest absolute Gasteiger partial charge is 0.464 e. The van der Waals surface area contributed by atoms with Crippen LogP contribution in [0.5, 0.6) is 0 Å². The smallest absolute Gasteiger partial charge is 0.308 e. The third kappa shape index (κ3) is 4.06. The van der Waals surface area contributed by atoms with Gasteiger partial charge in [-0.15, -0.1) is 0 Å². The van der Waals surface area contributed by atoms with Crippen molar-refractivity contribution in [1.82, 2.24) is 4.72 Å². The average Bonchev–Trinajstić information content (AvgIpc) is 2.64. The first-order chi connectivity index (χ1) is 6.70. The Labute approximate surface area is 84.9 Å². The normalized spacial score (nSPS) is 17.5. The Morgan fingerprint density at radius 2 is 2.00 bits per heavy atom. The minimum absolute atomic E-state index is 0.0380. The molecule has 1 aliphatic rings. The number of hydrogen-bond donors (Lipinski definition) is 2. The highest BCUT2D eigenvalue weighted by molar-refractivity contribution is 7.70. The quantitative estimate of drug-likeness (QED) is 0.384. The number of carbonyl (C=O) groups is 1. The zero-order chi connectivity index (χ0) is 10.4. The summed E-state index contributed by atoms with van der Waals surface area (Å²) < 4.78 is 27.2. The fourth-order valence-electron chi connectivity index (χ4n) is 1.57. The molecule has 14 heavy (non-hydrogen) atoms. The van der Waals surface area contributed by atoms with Crippen molar-refractivity contribution in [3.05, 3.63) is 0 Å². The fraction of sp³-hybridized carbons (Fsp3) is 0.875. The number of ether oxygens (including phenoxy) is 1. The Kier molecular flexibility index (Phi) is 4.89. The zero-order valence-electron chi connectivity index (χ0n) is 7.90. The molecule has 0 heterocycles. The molecule has 0 amide bonds. The minimum atomic E-state index is -2.58. The van der Waals surface area contributed by atoms with Gasteiger partial charge in [-0.3, -0.25) is 4.79 Å². The molecule has 1 rings (SSSR count). The highest BCUT2D eigenvalue weighted by Gasteiger charge is 2.23.